The van der Waals surface area contributed by atoms with Gasteiger partial charge in [-0.2, -0.15) is 0 Å². The van der Waals surface area contributed by atoms with Crippen LogP contribution >= 0.6 is 0 Å². The molecule has 0 bridgehead atoms. The predicted octanol–water partition coefficient (Wildman–Crippen LogP) is 2.93. The van der Waals surface area contributed by atoms with Crippen LogP contribution in [0.1, 0.15) is 33.2 Å². The van der Waals surface area contributed by atoms with Gasteiger partial charge >= 0.3 is 0 Å². The third-order valence-corrected chi connectivity index (χ3v) is 4.96. The van der Waals surface area contributed by atoms with E-state index in [4.69, 9.17) is 0 Å². The topological polar surface area (TPSA) is 43.8 Å². The first-order valence-electron chi connectivity index (χ1n) is 8.96. The lowest BCUT2D eigenvalue weighted by molar-refractivity contribution is 0.0526. The molecule has 0 saturated carbocycles. The quantitative estimate of drug-likeness (QED) is 0.916. The molecule has 2 aromatic carbocycles. The van der Waals surface area contributed by atoms with Crippen LogP contribution in [0.2, 0.25) is 0 Å². The van der Waals surface area contributed by atoms with Crippen molar-refractivity contribution in [3.63, 3.8) is 0 Å². The minimum Gasteiger partial charge on any atom is -0.387 e. The summed E-state index contributed by atoms with van der Waals surface area (Å²) in [6.07, 6.45) is -0.541. The van der Waals surface area contributed by atoms with Crippen LogP contribution in [-0.2, 0) is 0 Å². The van der Waals surface area contributed by atoms with Crippen LogP contribution in [0.15, 0.2) is 42.5 Å². The zero-order valence-electron chi connectivity index (χ0n) is 15.3. The number of aliphatic hydroxyl groups is 1. The maximum atomic E-state index is 13.3. The number of benzene rings is 2. The summed E-state index contributed by atoms with van der Waals surface area (Å²) in [7, 11) is 0. The molecule has 1 amide bonds. The maximum Gasteiger partial charge on any atom is 0.254 e. The molecule has 4 nitrogen and oxygen atoms in total. The van der Waals surface area contributed by atoms with Crippen LogP contribution in [0.25, 0.3) is 0 Å². The first-order chi connectivity index (χ1) is 12.4. The van der Waals surface area contributed by atoms with E-state index < -0.39 is 11.9 Å². The molecule has 1 N–H and O–H groups in total. The second-order valence-electron chi connectivity index (χ2n) is 6.98. The fourth-order valence-corrected chi connectivity index (χ4v) is 3.40. The van der Waals surface area contributed by atoms with Crippen LogP contribution < -0.4 is 0 Å². The average Bonchev–Trinajstić information content (AvgIpc) is 2.63. The third kappa shape index (κ3) is 4.29. The zero-order chi connectivity index (χ0) is 18.7. The van der Waals surface area contributed by atoms with Gasteiger partial charge in [-0.1, -0.05) is 29.8 Å². The van der Waals surface area contributed by atoms with Crippen LogP contribution in [-0.4, -0.2) is 53.5 Å². The van der Waals surface area contributed by atoms with Crippen LogP contribution in [0.3, 0.4) is 0 Å². The van der Waals surface area contributed by atoms with Gasteiger partial charge in [0.05, 0.1) is 6.10 Å². The molecule has 1 aliphatic rings. The Kier molecular flexibility index (Phi) is 5.69. The molecule has 26 heavy (non-hydrogen) atoms. The van der Waals surface area contributed by atoms with E-state index in [-0.39, 0.29) is 5.91 Å². The largest absolute Gasteiger partial charge is 0.387 e. The van der Waals surface area contributed by atoms with Crippen molar-refractivity contribution in [3.8, 4) is 0 Å². The van der Waals surface area contributed by atoms with Crippen LogP contribution in [0, 0.1) is 19.7 Å². The normalized spacial score (nSPS) is 16.5. The highest BCUT2D eigenvalue weighted by Gasteiger charge is 2.24. The second-order valence-corrected chi connectivity index (χ2v) is 6.98. The molecule has 0 aliphatic carbocycles. The average molecular weight is 356 g/mol. The number of hydrogen-bond acceptors (Lipinski definition) is 3. The Morgan fingerprint density at radius 2 is 1.85 bits per heavy atom. The molecule has 5 heteroatoms. The van der Waals surface area contributed by atoms with Crippen molar-refractivity contribution < 1.29 is 14.3 Å². The van der Waals surface area contributed by atoms with Gasteiger partial charge in [0, 0.05) is 38.3 Å². The number of carbonyl (C=O) groups is 1. The number of aryl methyl sites for hydroxylation is 2. The summed E-state index contributed by atoms with van der Waals surface area (Å²) in [6.45, 7) is 7.13. The number of hydrogen-bond donors (Lipinski definition) is 1. The van der Waals surface area contributed by atoms with Crippen molar-refractivity contribution in [1.29, 1.82) is 0 Å². The van der Waals surface area contributed by atoms with Gasteiger partial charge in [0.1, 0.15) is 5.82 Å². The molecule has 1 atom stereocenters. The SMILES string of the molecule is Cc1ccc(C)c(C(O)CN2CCN(C(=O)c3cccc(F)c3)CC2)c1. The number of amides is 1. The van der Waals surface area contributed by atoms with E-state index in [2.05, 4.69) is 4.90 Å². The lowest BCUT2D eigenvalue weighted by Crippen LogP contribution is -2.49. The van der Waals surface area contributed by atoms with E-state index >= 15 is 0 Å². The maximum absolute atomic E-state index is 13.3. The van der Waals surface area contributed by atoms with E-state index in [1.165, 1.54) is 12.1 Å². The molecule has 3 rings (SSSR count). The van der Waals surface area contributed by atoms with Gasteiger partial charge in [-0.3, -0.25) is 9.69 Å². The van der Waals surface area contributed by atoms with Gasteiger partial charge in [0.25, 0.3) is 5.91 Å². The third-order valence-electron chi connectivity index (χ3n) is 4.96. The Labute approximate surface area is 153 Å². The van der Waals surface area contributed by atoms with Crippen molar-refractivity contribution in [3.05, 3.63) is 70.5 Å². The summed E-state index contributed by atoms with van der Waals surface area (Å²) in [5.74, 6) is -0.537. The molecule has 0 aromatic heterocycles. The minimum atomic E-state index is -0.541. The Morgan fingerprint density at radius 3 is 2.54 bits per heavy atom. The molecule has 0 spiro atoms. The van der Waals surface area contributed by atoms with E-state index in [9.17, 15) is 14.3 Å². The fourth-order valence-electron chi connectivity index (χ4n) is 3.40. The molecule has 1 fully saturated rings. The molecule has 1 aliphatic heterocycles. The van der Waals surface area contributed by atoms with Crippen LogP contribution in [0.5, 0.6) is 0 Å². The lowest BCUT2D eigenvalue weighted by atomic mass is 10.0. The summed E-state index contributed by atoms with van der Waals surface area (Å²) in [5.41, 5.74) is 3.57. The van der Waals surface area contributed by atoms with E-state index in [0.29, 0.717) is 38.3 Å². The predicted molar refractivity (Wildman–Crippen MR) is 99.6 cm³/mol. The summed E-state index contributed by atoms with van der Waals surface area (Å²) in [5, 5.41) is 10.6. The molecule has 138 valence electrons. The summed E-state index contributed by atoms with van der Waals surface area (Å²) in [4.78, 5) is 16.4. The van der Waals surface area contributed by atoms with Crippen molar-refractivity contribution in [2.45, 2.75) is 20.0 Å². The monoisotopic (exact) mass is 356 g/mol. The molecule has 2 aromatic rings. The second kappa shape index (κ2) is 7.98. The summed E-state index contributed by atoms with van der Waals surface area (Å²) >= 11 is 0. The molecule has 1 saturated heterocycles. The number of β-amino-alcohol motifs (C(OH)–C–C–N with tert-alkyl or cyclic N) is 1. The fraction of sp³-hybridized carbons (Fsp3) is 0.381. The van der Waals surface area contributed by atoms with Crippen molar-refractivity contribution in [1.82, 2.24) is 9.80 Å². The standard InChI is InChI=1S/C21H25FN2O2/c1-15-6-7-16(2)19(12-15)20(25)14-23-8-10-24(11-9-23)21(26)17-4-3-5-18(22)13-17/h3-7,12-13,20,25H,8-11,14H2,1-2H3. The van der Waals surface area contributed by atoms with Crippen molar-refractivity contribution in [2.75, 3.05) is 32.7 Å². The first kappa shape index (κ1) is 18.5. The van der Waals surface area contributed by atoms with E-state index in [0.717, 1.165) is 16.7 Å². The molecular formula is C21H25FN2O2. The Bertz CT molecular complexity index is 785. The van der Waals surface area contributed by atoms with Gasteiger partial charge in [0.15, 0.2) is 0 Å². The summed E-state index contributed by atoms with van der Waals surface area (Å²) < 4.78 is 13.3. The number of halogens is 1. The lowest BCUT2D eigenvalue weighted by Gasteiger charge is -2.36. The van der Waals surface area contributed by atoms with Crippen molar-refractivity contribution in [2.24, 2.45) is 0 Å². The minimum absolute atomic E-state index is 0.140. The smallest absolute Gasteiger partial charge is 0.254 e. The highest BCUT2D eigenvalue weighted by atomic mass is 19.1. The Hall–Kier alpha value is -2.24. The summed E-state index contributed by atoms with van der Waals surface area (Å²) in [6, 6.07) is 11.9. The Balaban J connectivity index is 1.57. The van der Waals surface area contributed by atoms with E-state index in [1.807, 2.05) is 32.0 Å². The highest BCUT2D eigenvalue weighted by Crippen LogP contribution is 2.21. The van der Waals surface area contributed by atoms with Gasteiger partial charge < -0.3 is 10.0 Å². The van der Waals surface area contributed by atoms with Gasteiger partial charge in [0.2, 0.25) is 0 Å². The highest BCUT2D eigenvalue weighted by molar-refractivity contribution is 5.94. The molecular weight excluding hydrogens is 331 g/mol. The number of carbonyl (C=O) groups excluding carboxylic acids is 1. The number of aliphatic hydroxyl groups excluding tert-OH is 1. The number of piperazine rings is 1. The van der Waals surface area contributed by atoms with Gasteiger partial charge in [-0.05, 0) is 43.2 Å². The molecule has 1 heterocycles. The molecule has 1 unspecified atom stereocenters. The van der Waals surface area contributed by atoms with Gasteiger partial charge in [-0.25, -0.2) is 4.39 Å². The van der Waals surface area contributed by atoms with E-state index in [1.54, 1.807) is 17.0 Å². The number of nitrogens with zero attached hydrogens (tertiary/aromatic N) is 2. The first-order valence-corrected chi connectivity index (χ1v) is 8.96. The zero-order valence-corrected chi connectivity index (χ0v) is 15.3. The number of rotatable bonds is 4. The Morgan fingerprint density at radius 1 is 1.12 bits per heavy atom. The van der Waals surface area contributed by atoms with Gasteiger partial charge in [-0.15, -0.1) is 0 Å². The van der Waals surface area contributed by atoms with Crippen LogP contribution in [0.4, 0.5) is 4.39 Å². The molecule has 0 radical (unpaired) electrons. The van der Waals surface area contributed by atoms with Crippen molar-refractivity contribution >= 4 is 5.91 Å².